The molecule has 0 saturated heterocycles. The van der Waals surface area contributed by atoms with Crippen LogP contribution in [0.3, 0.4) is 0 Å². The van der Waals surface area contributed by atoms with Gasteiger partial charge >= 0.3 is 0 Å². The summed E-state index contributed by atoms with van der Waals surface area (Å²) in [5.41, 5.74) is 1.13. The van der Waals surface area contributed by atoms with Crippen molar-refractivity contribution >= 4 is 17.3 Å². The highest BCUT2D eigenvalue weighted by molar-refractivity contribution is 7.09. The molecule has 0 aliphatic carbocycles. The number of aliphatic imine (C=N–C) groups is 1. The van der Waals surface area contributed by atoms with Crippen LogP contribution in [0, 0.1) is 13.8 Å². The van der Waals surface area contributed by atoms with Crippen LogP contribution in [0.25, 0.3) is 0 Å². The molecular formula is C21H28N6OS. The summed E-state index contributed by atoms with van der Waals surface area (Å²) < 4.78 is 8.01. The summed E-state index contributed by atoms with van der Waals surface area (Å²) in [5.74, 6) is 3.32. The molecule has 3 rings (SSSR count). The number of aryl methyl sites for hydroxylation is 2. The molecule has 0 fully saturated rings. The Morgan fingerprint density at radius 2 is 2.00 bits per heavy atom. The van der Waals surface area contributed by atoms with E-state index in [-0.39, 0.29) is 6.10 Å². The van der Waals surface area contributed by atoms with E-state index in [1.165, 1.54) is 4.88 Å². The third-order valence-corrected chi connectivity index (χ3v) is 5.43. The predicted molar refractivity (Wildman–Crippen MR) is 117 cm³/mol. The fourth-order valence-electron chi connectivity index (χ4n) is 2.68. The van der Waals surface area contributed by atoms with Crippen molar-refractivity contribution in [3.05, 3.63) is 63.9 Å². The molecule has 0 bridgehead atoms. The number of hydrogen-bond acceptors (Lipinski definition) is 5. The fraction of sp³-hybridized carbons (Fsp3) is 0.381. The molecule has 1 unspecified atom stereocenters. The Hall–Kier alpha value is -2.87. The van der Waals surface area contributed by atoms with Crippen molar-refractivity contribution < 1.29 is 4.74 Å². The van der Waals surface area contributed by atoms with Gasteiger partial charge in [-0.3, -0.25) is 0 Å². The zero-order valence-electron chi connectivity index (χ0n) is 17.3. The summed E-state index contributed by atoms with van der Waals surface area (Å²) in [6.45, 7) is 7.82. The molecule has 2 aromatic heterocycles. The van der Waals surface area contributed by atoms with Gasteiger partial charge in [0.25, 0.3) is 0 Å². The first kappa shape index (κ1) is 20.9. The van der Waals surface area contributed by atoms with E-state index in [9.17, 15) is 0 Å². The topological polar surface area (TPSA) is 76.4 Å². The zero-order chi connectivity index (χ0) is 20.6. The Morgan fingerprint density at radius 3 is 2.69 bits per heavy atom. The van der Waals surface area contributed by atoms with Gasteiger partial charge in [-0.15, -0.1) is 21.5 Å². The molecule has 8 heteroatoms. The minimum absolute atomic E-state index is 0.0121. The van der Waals surface area contributed by atoms with Gasteiger partial charge in [0.2, 0.25) is 0 Å². The number of guanidine groups is 1. The second-order valence-corrected chi connectivity index (χ2v) is 7.93. The summed E-state index contributed by atoms with van der Waals surface area (Å²) in [5, 5.41) is 17.1. The molecule has 0 amide bonds. The molecule has 0 radical (unpaired) electrons. The fourth-order valence-corrected chi connectivity index (χ4v) is 3.33. The SMILES string of the molecule is Cc1ccccc1OC(C)CNC(=NCc1nnc(C)n1C)NCc1cccs1. The van der Waals surface area contributed by atoms with E-state index >= 15 is 0 Å². The molecule has 2 N–H and O–H groups in total. The first-order chi connectivity index (χ1) is 14.0. The predicted octanol–water partition coefficient (Wildman–Crippen LogP) is 3.20. The molecule has 0 spiro atoms. The lowest BCUT2D eigenvalue weighted by atomic mass is 10.2. The van der Waals surface area contributed by atoms with E-state index in [4.69, 9.17) is 4.74 Å². The van der Waals surface area contributed by atoms with E-state index in [0.29, 0.717) is 19.6 Å². The number of para-hydroxylation sites is 1. The molecule has 2 heterocycles. The van der Waals surface area contributed by atoms with Crippen LogP contribution in [-0.2, 0) is 20.1 Å². The van der Waals surface area contributed by atoms with Gasteiger partial charge in [-0.1, -0.05) is 24.3 Å². The minimum atomic E-state index is -0.0121. The third-order valence-electron chi connectivity index (χ3n) is 4.55. The van der Waals surface area contributed by atoms with Gasteiger partial charge in [-0.2, -0.15) is 0 Å². The van der Waals surface area contributed by atoms with Crippen molar-refractivity contribution in [3.63, 3.8) is 0 Å². The minimum Gasteiger partial charge on any atom is -0.489 e. The van der Waals surface area contributed by atoms with Gasteiger partial charge in [0, 0.05) is 11.9 Å². The molecule has 3 aromatic rings. The Morgan fingerprint density at radius 1 is 1.17 bits per heavy atom. The van der Waals surface area contributed by atoms with Gasteiger partial charge in [0.15, 0.2) is 11.8 Å². The quantitative estimate of drug-likeness (QED) is 0.439. The van der Waals surface area contributed by atoms with Crippen molar-refractivity contribution in [3.8, 4) is 5.75 Å². The van der Waals surface area contributed by atoms with Crippen LogP contribution in [0.2, 0.25) is 0 Å². The number of aromatic nitrogens is 3. The van der Waals surface area contributed by atoms with Crippen LogP contribution in [0.1, 0.15) is 29.0 Å². The summed E-state index contributed by atoms with van der Waals surface area (Å²) in [7, 11) is 1.95. The van der Waals surface area contributed by atoms with Crippen LogP contribution < -0.4 is 15.4 Å². The molecule has 1 atom stereocenters. The number of benzene rings is 1. The lowest BCUT2D eigenvalue weighted by Gasteiger charge is -2.19. The van der Waals surface area contributed by atoms with Crippen LogP contribution in [0.5, 0.6) is 5.75 Å². The van der Waals surface area contributed by atoms with E-state index in [1.54, 1.807) is 11.3 Å². The molecular weight excluding hydrogens is 384 g/mol. The normalized spacial score (nSPS) is 12.6. The monoisotopic (exact) mass is 412 g/mol. The second kappa shape index (κ2) is 10.1. The Balaban J connectivity index is 1.61. The second-order valence-electron chi connectivity index (χ2n) is 6.90. The molecule has 0 saturated carbocycles. The van der Waals surface area contributed by atoms with Gasteiger partial charge in [0.1, 0.15) is 24.2 Å². The Kier molecular flexibility index (Phi) is 7.24. The van der Waals surface area contributed by atoms with Gasteiger partial charge in [0.05, 0.1) is 13.1 Å². The number of thiophene rings is 1. The average Bonchev–Trinajstić information content (AvgIpc) is 3.34. The van der Waals surface area contributed by atoms with Crippen LogP contribution in [0.4, 0.5) is 0 Å². The van der Waals surface area contributed by atoms with E-state index < -0.39 is 0 Å². The maximum Gasteiger partial charge on any atom is 0.192 e. The number of rotatable bonds is 8. The van der Waals surface area contributed by atoms with Gasteiger partial charge in [-0.05, 0) is 43.8 Å². The first-order valence-electron chi connectivity index (χ1n) is 9.64. The maximum absolute atomic E-state index is 6.06. The van der Waals surface area contributed by atoms with E-state index in [1.807, 2.05) is 62.7 Å². The molecule has 7 nitrogen and oxygen atoms in total. The smallest absolute Gasteiger partial charge is 0.192 e. The summed E-state index contributed by atoms with van der Waals surface area (Å²) in [6.07, 6.45) is -0.0121. The average molecular weight is 413 g/mol. The van der Waals surface area contributed by atoms with Gasteiger partial charge < -0.3 is 19.9 Å². The van der Waals surface area contributed by atoms with Crippen molar-refractivity contribution in [2.24, 2.45) is 12.0 Å². The Labute approximate surface area is 175 Å². The lowest BCUT2D eigenvalue weighted by molar-refractivity contribution is 0.222. The lowest BCUT2D eigenvalue weighted by Crippen LogP contribution is -2.41. The highest BCUT2D eigenvalue weighted by atomic mass is 32.1. The van der Waals surface area contributed by atoms with Crippen molar-refractivity contribution in [2.45, 2.75) is 40.0 Å². The Bertz CT molecular complexity index is 935. The molecule has 0 aliphatic heterocycles. The van der Waals surface area contributed by atoms with Crippen molar-refractivity contribution in [2.75, 3.05) is 6.54 Å². The summed E-state index contributed by atoms with van der Waals surface area (Å²) >= 11 is 1.72. The molecule has 0 aliphatic rings. The largest absolute Gasteiger partial charge is 0.489 e. The van der Waals surface area contributed by atoms with Gasteiger partial charge in [-0.25, -0.2) is 4.99 Å². The number of nitrogens with zero attached hydrogens (tertiary/aromatic N) is 4. The van der Waals surface area contributed by atoms with E-state index in [0.717, 1.165) is 28.9 Å². The van der Waals surface area contributed by atoms with Crippen molar-refractivity contribution in [1.82, 2.24) is 25.4 Å². The first-order valence-corrected chi connectivity index (χ1v) is 10.5. The van der Waals surface area contributed by atoms with Crippen LogP contribution in [0.15, 0.2) is 46.8 Å². The zero-order valence-corrected chi connectivity index (χ0v) is 18.2. The van der Waals surface area contributed by atoms with Crippen LogP contribution >= 0.6 is 11.3 Å². The van der Waals surface area contributed by atoms with E-state index in [2.05, 4.69) is 37.3 Å². The molecule has 29 heavy (non-hydrogen) atoms. The standard InChI is InChI=1S/C21H28N6OS/c1-15-8-5-6-10-19(15)28-16(2)12-22-21(23-13-18-9-7-11-29-18)24-14-20-26-25-17(3)27(20)4/h5-11,16H,12-14H2,1-4H3,(H2,22,23,24). The van der Waals surface area contributed by atoms with Crippen molar-refractivity contribution in [1.29, 1.82) is 0 Å². The summed E-state index contributed by atoms with van der Waals surface area (Å²) in [6, 6.07) is 12.2. The third kappa shape index (κ3) is 6.05. The number of ether oxygens (including phenoxy) is 1. The number of hydrogen-bond donors (Lipinski definition) is 2. The van der Waals surface area contributed by atoms with Crippen LogP contribution in [-0.4, -0.2) is 33.4 Å². The highest BCUT2D eigenvalue weighted by Crippen LogP contribution is 2.17. The highest BCUT2D eigenvalue weighted by Gasteiger charge is 2.09. The molecule has 1 aromatic carbocycles. The molecule has 154 valence electrons. The summed E-state index contributed by atoms with van der Waals surface area (Å²) in [4.78, 5) is 5.93. The number of nitrogens with one attached hydrogen (secondary N) is 2. The maximum atomic E-state index is 6.06.